The van der Waals surface area contributed by atoms with Crippen LogP contribution in [0.4, 0.5) is 4.79 Å². The quantitative estimate of drug-likeness (QED) is 0.505. The van der Waals surface area contributed by atoms with Crippen molar-refractivity contribution in [1.82, 2.24) is 15.5 Å². The molecule has 9 nitrogen and oxygen atoms in total. The summed E-state index contributed by atoms with van der Waals surface area (Å²) >= 11 is 0. The van der Waals surface area contributed by atoms with E-state index in [1.54, 1.807) is 29.2 Å². The molecule has 0 unspecified atom stereocenters. The zero-order valence-electron chi connectivity index (χ0n) is 22.2. The SMILES string of the molecule is O=C(N[C@H]1CCCNC(=O)c2cccc(c2)OC[C@@H]2C[C@H](Oc3ccccc3)CN2C1=O)OCc1ccccc1. The van der Waals surface area contributed by atoms with Crippen molar-refractivity contribution in [3.63, 3.8) is 0 Å². The van der Waals surface area contributed by atoms with Crippen LogP contribution in [0, 0.1) is 0 Å². The molecule has 1 saturated heterocycles. The second kappa shape index (κ2) is 13.0. The number of carbonyl (C=O) groups is 3. The number of nitrogens with zero attached hydrogens (tertiary/aromatic N) is 1. The van der Waals surface area contributed by atoms with Gasteiger partial charge in [0.2, 0.25) is 5.91 Å². The van der Waals surface area contributed by atoms with Crippen molar-refractivity contribution in [1.29, 1.82) is 0 Å². The molecular formula is C31H33N3O6. The lowest BCUT2D eigenvalue weighted by atomic mass is 10.1. The Morgan fingerprint density at radius 1 is 1.00 bits per heavy atom. The maximum atomic E-state index is 13.9. The molecule has 9 heteroatoms. The molecular weight excluding hydrogens is 510 g/mol. The van der Waals surface area contributed by atoms with Crippen molar-refractivity contribution in [3.8, 4) is 11.5 Å². The van der Waals surface area contributed by atoms with Gasteiger partial charge in [-0.25, -0.2) is 4.79 Å². The van der Waals surface area contributed by atoms with Crippen LogP contribution < -0.4 is 20.1 Å². The number of hydrogen-bond acceptors (Lipinski definition) is 6. The van der Waals surface area contributed by atoms with Crippen molar-refractivity contribution < 1.29 is 28.6 Å². The van der Waals surface area contributed by atoms with Gasteiger partial charge in [-0.1, -0.05) is 54.6 Å². The van der Waals surface area contributed by atoms with Gasteiger partial charge >= 0.3 is 6.09 Å². The minimum atomic E-state index is -0.834. The Kier molecular flexibility index (Phi) is 8.80. The van der Waals surface area contributed by atoms with E-state index in [1.807, 2.05) is 60.7 Å². The van der Waals surface area contributed by atoms with Crippen molar-refractivity contribution >= 4 is 17.9 Å². The Bertz CT molecular complexity index is 1300. The highest BCUT2D eigenvalue weighted by atomic mass is 16.5. The van der Waals surface area contributed by atoms with E-state index >= 15 is 0 Å². The van der Waals surface area contributed by atoms with Crippen LogP contribution in [0.5, 0.6) is 11.5 Å². The Labute approximate surface area is 233 Å². The van der Waals surface area contributed by atoms with E-state index in [4.69, 9.17) is 14.2 Å². The fourth-order valence-electron chi connectivity index (χ4n) is 4.97. The second-order valence-electron chi connectivity index (χ2n) is 9.93. The van der Waals surface area contributed by atoms with Gasteiger partial charge in [-0.05, 0) is 48.7 Å². The first-order chi connectivity index (χ1) is 19.5. The first-order valence-corrected chi connectivity index (χ1v) is 13.6. The zero-order valence-corrected chi connectivity index (χ0v) is 22.2. The fourth-order valence-corrected chi connectivity index (χ4v) is 4.97. The largest absolute Gasteiger partial charge is 0.491 e. The van der Waals surface area contributed by atoms with E-state index < -0.39 is 12.1 Å². The lowest BCUT2D eigenvalue weighted by Crippen LogP contribution is -2.51. The number of alkyl carbamates (subject to hydrolysis) is 1. The average molecular weight is 544 g/mol. The van der Waals surface area contributed by atoms with Crippen LogP contribution in [0.1, 0.15) is 35.2 Å². The molecule has 1 fully saturated rings. The van der Waals surface area contributed by atoms with E-state index in [0.717, 1.165) is 11.3 Å². The maximum Gasteiger partial charge on any atom is 0.408 e. The Balaban J connectivity index is 1.33. The molecule has 0 aromatic heterocycles. The van der Waals surface area contributed by atoms with Crippen molar-refractivity contribution in [2.75, 3.05) is 19.7 Å². The minimum Gasteiger partial charge on any atom is -0.491 e. The summed E-state index contributed by atoms with van der Waals surface area (Å²) in [6, 6.07) is 24.7. The number of amides is 3. The Morgan fingerprint density at radius 3 is 2.58 bits per heavy atom. The number of ether oxygens (including phenoxy) is 3. The highest BCUT2D eigenvalue weighted by molar-refractivity contribution is 5.94. The van der Waals surface area contributed by atoms with E-state index in [0.29, 0.717) is 43.7 Å². The third-order valence-corrected chi connectivity index (χ3v) is 7.00. The van der Waals surface area contributed by atoms with Gasteiger partial charge in [-0.15, -0.1) is 0 Å². The highest BCUT2D eigenvalue weighted by Crippen LogP contribution is 2.26. The molecule has 0 saturated carbocycles. The molecule has 0 radical (unpaired) electrons. The smallest absolute Gasteiger partial charge is 0.408 e. The van der Waals surface area contributed by atoms with Gasteiger partial charge in [-0.2, -0.15) is 0 Å². The Hall–Kier alpha value is -4.53. The Morgan fingerprint density at radius 2 is 1.77 bits per heavy atom. The summed E-state index contributed by atoms with van der Waals surface area (Å²) < 4.78 is 17.7. The summed E-state index contributed by atoms with van der Waals surface area (Å²) in [5, 5.41) is 5.64. The summed E-state index contributed by atoms with van der Waals surface area (Å²) in [6.45, 7) is 1.01. The number of hydrogen-bond donors (Lipinski definition) is 2. The normalized spacial score (nSPS) is 21.3. The van der Waals surface area contributed by atoms with E-state index in [9.17, 15) is 14.4 Å². The predicted octanol–water partition coefficient (Wildman–Crippen LogP) is 3.93. The number of benzene rings is 3. The van der Waals surface area contributed by atoms with Gasteiger partial charge in [-0.3, -0.25) is 9.59 Å². The molecule has 3 amide bonds. The van der Waals surface area contributed by atoms with Crippen LogP contribution >= 0.6 is 0 Å². The molecule has 2 heterocycles. The molecule has 0 spiro atoms. The number of para-hydroxylation sites is 1. The molecule has 2 bridgehead atoms. The van der Waals surface area contributed by atoms with Crippen LogP contribution in [0.2, 0.25) is 0 Å². The van der Waals surface area contributed by atoms with Crippen LogP contribution in [-0.4, -0.2) is 60.7 Å². The molecule has 40 heavy (non-hydrogen) atoms. The first-order valence-electron chi connectivity index (χ1n) is 13.6. The van der Waals surface area contributed by atoms with Crippen LogP contribution in [-0.2, 0) is 16.1 Å². The molecule has 2 aliphatic heterocycles. The topological polar surface area (TPSA) is 106 Å². The van der Waals surface area contributed by atoms with Gasteiger partial charge in [0.15, 0.2) is 0 Å². The van der Waals surface area contributed by atoms with Gasteiger partial charge in [0.1, 0.15) is 36.9 Å². The minimum absolute atomic E-state index is 0.0918. The van der Waals surface area contributed by atoms with E-state index in [2.05, 4.69) is 10.6 Å². The molecule has 5 rings (SSSR count). The zero-order chi connectivity index (χ0) is 27.7. The number of nitrogens with one attached hydrogen (secondary N) is 2. The molecule has 208 valence electrons. The standard InChI is InChI=1S/C31H33N3O6/c35-29-23-11-7-14-26(17-23)38-21-24-18-27(40-25-12-5-2-6-13-25)19-34(24)30(36)28(15-8-16-32-29)33-31(37)39-20-22-9-3-1-4-10-22/h1-7,9-14,17,24,27-28H,8,15-16,18-21H2,(H,32,35)(H,33,37)/t24-,27-,28-/m0/s1. The average Bonchev–Trinajstić information content (AvgIpc) is 3.39. The van der Waals surface area contributed by atoms with E-state index in [-0.39, 0.29) is 37.2 Å². The predicted molar refractivity (Wildman–Crippen MR) is 148 cm³/mol. The summed E-state index contributed by atoms with van der Waals surface area (Å²) in [5.74, 6) is 0.813. The molecule has 2 N–H and O–H groups in total. The summed E-state index contributed by atoms with van der Waals surface area (Å²) in [5.41, 5.74) is 1.34. The third-order valence-electron chi connectivity index (χ3n) is 7.00. The van der Waals surface area contributed by atoms with Crippen LogP contribution in [0.25, 0.3) is 0 Å². The molecule has 3 atom stereocenters. The van der Waals surface area contributed by atoms with Crippen molar-refractivity contribution in [2.24, 2.45) is 0 Å². The highest BCUT2D eigenvalue weighted by Gasteiger charge is 2.40. The molecule has 0 aliphatic carbocycles. The summed E-state index contributed by atoms with van der Waals surface area (Å²) in [4.78, 5) is 41.0. The number of carbonyl (C=O) groups excluding carboxylic acids is 3. The van der Waals surface area contributed by atoms with Crippen LogP contribution in [0.15, 0.2) is 84.9 Å². The molecule has 2 aliphatic rings. The van der Waals surface area contributed by atoms with Crippen LogP contribution in [0.3, 0.4) is 0 Å². The monoisotopic (exact) mass is 543 g/mol. The van der Waals surface area contributed by atoms with Gasteiger partial charge in [0, 0.05) is 18.5 Å². The first kappa shape index (κ1) is 27.1. The van der Waals surface area contributed by atoms with Crippen molar-refractivity contribution in [3.05, 3.63) is 96.1 Å². The van der Waals surface area contributed by atoms with E-state index in [1.165, 1.54) is 0 Å². The maximum absolute atomic E-state index is 13.9. The van der Waals surface area contributed by atoms with Gasteiger partial charge in [0.25, 0.3) is 5.91 Å². The van der Waals surface area contributed by atoms with Crippen molar-refractivity contribution in [2.45, 2.75) is 44.1 Å². The summed E-state index contributed by atoms with van der Waals surface area (Å²) in [7, 11) is 0. The van der Waals surface area contributed by atoms with Gasteiger partial charge < -0.3 is 29.7 Å². The molecule has 3 aromatic rings. The lowest BCUT2D eigenvalue weighted by molar-refractivity contribution is -0.135. The summed E-state index contributed by atoms with van der Waals surface area (Å²) in [6.07, 6.45) is 0.460. The number of fused-ring (bicyclic) bond motifs is 3. The lowest BCUT2D eigenvalue weighted by Gasteiger charge is -2.29. The third kappa shape index (κ3) is 7.11. The fraction of sp³-hybridized carbons (Fsp3) is 0.323. The van der Waals surface area contributed by atoms with Gasteiger partial charge in [0.05, 0.1) is 12.6 Å². The molecule has 3 aromatic carbocycles. The number of rotatable bonds is 5. The second-order valence-corrected chi connectivity index (χ2v) is 9.93.